The molecule has 1 N–H and O–H groups in total. The Hall–Kier alpha value is -3.71. The number of aromatic nitrogens is 2. The van der Waals surface area contributed by atoms with Crippen molar-refractivity contribution in [2.45, 2.75) is 13.0 Å². The van der Waals surface area contributed by atoms with E-state index in [0.717, 1.165) is 33.3 Å². The molecule has 1 unspecified atom stereocenters. The van der Waals surface area contributed by atoms with Crippen LogP contribution in [0.1, 0.15) is 24.1 Å². The first-order chi connectivity index (χ1) is 13.3. The fraction of sp³-hybridized carbons (Fsp3) is 0.0870. The van der Waals surface area contributed by atoms with Crippen molar-refractivity contribution < 1.29 is 0 Å². The van der Waals surface area contributed by atoms with Crippen LogP contribution in [0.4, 0.5) is 5.69 Å². The van der Waals surface area contributed by atoms with Crippen molar-refractivity contribution in [2.75, 3.05) is 5.32 Å². The van der Waals surface area contributed by atoms with E-state index >= 15 is 0 Å². The first-order valence-electron chi connectivity index (χ1n) is 8.81. The van der Waals surface area contributed by atoms with Crippen LogP contribution in [0.2, 0.25) is 0 Å². The maximum absolute atomic E-state index is 9.61. The second-order valence-corrected chi connectivity index (χ2v) is 6.41. The lowest BCUT2D eigenvalue weighted by Crippen LogP contribution is -2.08. The minimum atomic E-state index is 0.0611. The quantitative estimate of drug-likeness (QED) is 0.539. The number of nitriles is 1. The van der Waals surface area contributed by atoms with Crippen molar-refractivity contribution in [1.29, 1.82) is 5.26 Å². The van der Waals surface area contributed by atoms with E-state index in [1.165, 1.54) is 0 Å². The Morgan fingerprint density at radius 1 is 0.963 bits per heavy atom. The summed E-state index contributed by atoms with van der Waals surface area (Å²) in [5, 5.41) is 14.1. The minimum absolute atomic E-state index is 0.0611. The van der Waals surface area contributed by atoms with Crippen LogP contribution in [0.25, 0.3) is 22.0 Å². The van der Waals surface area contributed by atoms with E-state index in [1.807, 2.05) is 48.7 Å². The summed E-state index contributed by atoms with van der Waals surface area (Å²) < 4.78 is 0. The van der Waals surface area contributed by atoms with Crippen molar-refractivity contribution in [3.63, 3.8) is 0 Å². The summed E-state index contributed by atoms with van der Waals surface area (Å²) in [6.45, 7) is 2.09. The molecule has 0 bridgehead atoms. The van der Waals surface area contributed by atoms with Crippen LogP contribution in [-0.4, -0.2) is 9.97 Å². The van der Waals surface area contributed by atoms with Gasteiger partial charge >= 0.3 is 0 Å². The van der Waals surface area contributed by atoms with Gasteiger partial charge in [-0.2, -0.15) is 5.26 Å². The van der Waals surface area contributed by atoms with E-state index in [4.69, 9.17) is 0 Å². The molecule has 0 aliphatic heterocycles. The monoisotopic (exact) mass is 350 g/mol. The van der Waals surface area contributed by atoms with E-state index in [-0.39, 0.29) is 6.04 Å². The smallest absolute Gasteiger partial charge is 0.103 e. The number of fused-ring (bicyclic) bond motifs is 1. The van der Waals surface area contributed by atoms with Crippen LogP contribution in [0.5, 0.6) is 0 Å². The molecule has 0 fully saturated rings. The second kappa shape index (κ2) is 7.27. The van der Waals surface area contributed by atoms with E-state index in [2.05, 4.69) is 46.5 Å². The molecule has 4 heteroatoms. The Kier molecular flexibility index (Phi) is 4.51. The van der Waals surface area contributed by atoms with Crippen molar-refractivity contribution in [3.8, 4) is 17.2 Å². The van der Waals surface area contributed by atoms with Crippen molar-refractivity contribution in [3.05, 3.63) is 90.4 Å². The molecule has 2 aromatic carbocycles. The van der Waals surface area contributed by atoms with Crippen LogP contribution in [0.15, 0.2) is 79.3 Å². The second-order valence-electron chi connectivity index (χ2n) is 6.41. The molecule has 4 rings (SSSR count). The number of anilines is 1. The van der Waals surface area contributed by atoms with Gasteiger partial charge in [-0.3, -0.25) is 9.97 Å². The average Bonchev–Trinajstić information content (AvgIpc) is 2.75. The van der Waals surface area contributed by atoms with Gasteiger partial charge in [0.05, 0.1) is 16.8 Å². The summed E-state index contributed by atoms with van der Waals surface area (Å²) in [7, 11) is 0. The summed E-state index contributed by atoms with van der Waals surface area (Å²) in [6.07, 6.45) is 5.23. The Morgan fingerprint density at radius 2 is 1.81 bits per heavy atom. The highest BCUT2D eigenvalue weighted by Crippen LogP contribution is 2.32. The first kappa shape index (κ1) is 16.7. The van der Waals surface area contributed by atoms with Gasteiger partial charge in [0.15, 0.2) is 0 Å². The summed E-state index contributed by atoms with van der Waals surface area (Å²) in [5.74, 6) is 0. The average molecular weight is 350 g/mol. The Morgan fingerprint density at radius 3 is 2.56 bits per heavy atom. The topological polar surface area (TPSA) is 61.6 Å². The van der Waals surface area contributed by atoms with Gasteiger partial charge in [-0.15, -0.1) is 0 Å². The first-order valence-corrected chi connectivity index (χ1v) is 8.81. The normalized spacial score (nSPS) is 11.7. The Labute approximate surface area is 158 Å². The Balaban J connectivity index is 1.83. The summed E-state index contributed by atoms with van der Waals surface area (Å²) in [4.78, 5) is 8.65. The molecule has 4 aromatic rings. The van der Waals surface area contributed by atoms with E-state index in [0.29, 0.717) is 5.56 Å². The zero-order valence-corrected chi connectivity index (χ0v) is 14.9. The Bertz CT molecular complexity index is 1120. The van der Waals surface area contributed by atoms with E-state index in [1.54, 1.807) is 12.4 Å². The lowest BCUT2D eigenvalue weighted by Gasteiger charge is -2.18. The third-order valence-corrected chi connectivity index (χ3v) is 4.64. The zero-order chi connectivity index (χ0) is 18.6. The van der Waals surface area contributed by atoms with Crippen LogP contribution in [-0.2, 0) is 0 Å². The van der Waals surface area contributed by atoms with Crippen molar-refractivity contribution in [2.24, 2.45) is 0 Å². The number of hydrogen-bond donors (Lipinski definition) is 1. The standard InChI is InChI=1S/C23H18N4/c1-16(17-6-3-2-4-7-17)27-23-20(13-24)15-26-22-10-9-18(12-21(22)23)19-8-5-11-25-14-19/h2-12,14-16H,1H3,(H,26,27). The van der Waals surface area contributed by atoms with Crippen LogP contribution in [0.3, 0.4) is 0 Å². The van der Waals surface area contributed by atoms with Crippen LogP contribution < -0.4 is 5.32 Å². The van der Waals surface area contributed by atoms with Crippen LogP contribution >= 0.6 is 0 Å². The number of hydrogen-bond acceptors (Lipinski definition) is 4. The molecule has 2 aromatic heterocycles. The van der Waals surface area contributed by atoms with Gasteiger partial charge in [-0.1, -0.05) is 42.5 Å². The number of pyridine rings is 2. The third-order valence-electron chi connectivity index (χ3n) is 4.64. The van der Waals surface area contributed by atoms with Gasteiger partial charge in [0.1, 0.15) is 6.07 Å². The fourth-order valence-corrected chi connectivity index (χ4v) is 3.19. The molecule has 1 atom stereocenters. The highest BCUT2D eigenvalue weighted by molar-refractivity contribution is 5.96. The van der Waals surface area contributed by atoms with E-state index in [9.17, 15) is 5.26 Å². The molecule has 0 saturated carbocycles. The molecule has 0 spiro atoms. The number of nitrogens with one attached hydrogen (secondary N) is 1. The van der Waals surface area contributed by atoms with Crippen molar-refractivity contribution in [1.82, 2.24) is 9.97 Å². The summed E-state index contributed by atoms with van der Waals surface area (Å²) in [5.41, 5.74) is 5.43. The third kappa shape index (κ3) is 3.36. The molecule has 4 nitrogen and oxygen atoms in total. The maximum atomic E-state index is 9.61. The van der Waals surface area contributed by atoms with Gasteiger partial charge in [0.2, 0.25) is 0 Å². The molecular formula is C23H18N4. The summed E-state index contributed by atoms with van der Waals surface area (Å²) >= 11 is 0. The predicted octanol–water partition coefficient (Wildman–Crippen LogP) is 5.34. The molecule has 27 heavy (non-hydrogen) atoms. The molecule has 0 aliphatic rings. The van der Waals surface area contributed by atoms with Gasteiger partial charge in [0, 0.05) is 35.6 Å². The largest absolute Gasteiger partial charge is 0.377 e. The molecule has 0 radical (unpaired) electrons. The lowest BCUT2D eigenvalue weighted by molar-refractivity contribution is 0.885. The van der Waals surface area contributed by atoms with Gasteiger partial charge in [-0.05, 0) is 36.2 Å². The lowest BCUT2D eigenvalue weighted by atomic mass is 10.0. The molecule has 2 heterocycles. The predicted molar refractivity (Wildman–Crippen MR) is 108 cm³/mol. The van der Waals surface area contributed by atoms with Crippen LogP contribution in [0, 0.1) is 11.3 Å². The molecule has 0 amide bonds. The van der Waals surface area contributed by atoms with Gasteiger partial charge < -0.3 is 5.32 Å². The molecule has 0 saturated heterocycles. The summed E-state index contributed by atoms with van der Waals surface area (Å²) in [6, 6.07) is 22.5. The van der Waals surface area contributed by atoms with Gasteiger partial charge in [0.25, 0.3) is 0 Å². The molecule has 130 valence electrons. The highest BCUT2D eigenvalue weighted by atomic mass is 14.9. The SMILES string of the molecule is CC(Nc1c(C#N)cnc2ccc(-c3cccnc3)cc12)c1ccccc1. The van der Waals surface area contributed by atoms with E-state index < -0.39 is 0 Å². The minimum Gasteiger partial charge on any atom is -0.377 e. The highest BCUT2D eigenvalue weighted by Gasteiger charge is 2.13. The molecule has 0 aliphatic carbocycles. The fourth-order valence-electron chi connectivity index (χ4n) is 3.19. The zero-order valence-electron chi connectivity index (χ0n) is 14.9. The van der Waals surface area contributed by atoms with Crippen molar-refractivity contribution >= 4 is 16.6 Å². The molecular weight excluding hydrogens is 332 g/mol. The number of nitrogens with zero attached hydrogens (tertiary/aromatic N) is 3. The number of benzene rings is 2. The van der Waals surface area contributed by atoms with Gasteiger partial charge in [-0.25, -0.2) is 0 Å². The maximum Gasteiger partial charge on any atom is 0.103 e. The number of rotatable bonds is 4.